The van der Waals surface area contributed by atoms with E-state index in [1.165, 1.54) is 6.20 Å². The van der Waals surface area contributed by atoms with Gasteiger partial charge >= 0.3 is 0 Å². The van der Waals surface area contributed by atoms with Gasteiger partial charge in [-0.3, -0.25) is 0 Å². The van der Waals surface area contributed by atoms with Crippen LogP contribution in [0.2, 0.25) is 5.02 Å². The number of thiol groups is 1. The predicted molar refractivity (Wildman–Crippen MR) is 36.5 cm³/mol. The summed E-state index contributed by atoms with van der Waals surface area (Å²) in [7, 11) is 0. The van der Waals surface area contributed by atoms with E-state index in [9.17, 15) is 4.39 Å². The summed E-state index contributed by atoms with van der Waals surface area (Å²) in [6, 6.07) is 1.11. The Balaban J connectivity index is 3.17. The van der Waals surface area contributed by atoms with Gasteiger partial charge in [-0.05, 0) is 0 Å². The number of rotatable bonds is 0. The number of nitrogens with zero attached hydrogens (tertiary/aromatic N) is 1. The molecule has 0 fully saturated rings. The van der Waals surface area contributed by atoms with E-state index in [2.05, 4.69) is 17.6 Å². The van der Waals surface area contributed by atoms with Gasteiger partial charge < -0.3 is 0 Å². The third kappa shape index (κ3) is 1.56. The van der Waals surface area contributed by atoms with Gasteiger partial charge in [0.1, 0.15) is 0 Å². The first-order valence-corrected chi connectivity index (χ1v) is 3.02. The van der Waals surface area contributed by atoms with Gasteiger partial charge in [-0.1, -0.05) is 11.6 Å². The SMILES string of the molecule is Fc1cc(Cl)c(S)cn1. The van der Waals surface area contributed by atoms with Gasteiger partial charge in [-0.25, -0.2) is 4.98 Å². The highest BCUT2D eigenvalue weighted by Crippen LogP contribution is 2.17. The van der Waals surface area contributed by atoms with Crippen LogP contribution >= 0.6 is 24.2 Å². The largest absolute Gasteiger partial charge is 0.227 e. The van der Waals surface area contributed by atoms with Crippen LogP contribution in [0.3, 0.4) is 0 Å². The zero-order chi connectivity index (χ0) is 6.85. The van der Waals surface area contributed by atoms with Crippen molar-refractivity contribution in [3.8, 4) is 0 Å². The Kier molecular flexibility index (Phi) is 1.93. The average Bonchev–Trinajstić information content (AvgIpc) is 1.80. The standard InChI is InChI=1S/C5H3ClFNS/c6-3-1-5(7)8-2-4(3)9/h1-2,9H. The van der Waals surface area contributed by atoms with Crippen molar-refractivity contribution >= 4 is 24.2 Å². The molecule has 0 unspecified atom stereocenters. The van der Waals surface area contributed by atoms with Crippen LogP contribution in [0.1, 0.15) is 0 Å². The minimum absolute atomic E-state index is 0.283. The lowest BCUT2D eigenvalue weighted by atomic mass is 10.5. The first kappa shape index (κ1) is 6.83. The summed E-state index contributed by atoms with van der Waals surface area (Å²) in [5, 5.41) is 0.283. The zero-order valence-corrected chi connectivity index (χ0v) is 5.96. The number of aromatic nitrogens is 1. The maximum absolute atomic E-state index is 12.1. The monoisotopic (exact) mass is 163 g/mol. The predicted octanol–water partition coefficient (Wildman–Crippen LogP) is 2.16. The fraction of sp³-hybridized carbons (Fsp3) is 0. The second kappa shape index (κ2) is 2.54. The van der Waals surface area contributed by atoms with Crippen molar-refractivity contribution in [2.24, 2.45) is 0 Å². The molecule has 1 nitrogen and oxygen atoms in total. The van der Waals surface area contributed by atoms with Crippen LogP contribution in [-0.4, -0.2) is 4.98 Å². The molecule has 0 spiro atoms. The topological polar surface area (TPSA) is 12.9 Å². The van der Waals surface area contributed by atoms with Gasteiger partial charge in [-0.15, -0.1) is 12.6 Å². The van der Waals surface area contributed by atoms with Gasteiger partial charge in [0.05, 0.1) is 5.02 Å². The minimum atomic E-state index is -0.585. The first-order chi connectivity index (χ1) is 4.20. The van der Waals surface area contributed by atoms with E-state index < -0.39 is 5.95 Å². The summed E-state index contributed by atoms with van der Waals surface area (Å²) in [5.74, 6) is -0.585. The third-order valence-electron chi connectivity index (χ3n) is 0.801. The second-order valence-electron chi connectivity index (χ2n) is 1.46. The summed E-state index contributed by atoms with van der Waals surface area (Å²) in [6.07, 6.45) is 1.26. The lowest BCUT2D eigenvalue weighted by Crippen LogP contribution is -1.80. The molecule has 0 N–H and O–H groups in total. The van der Waals surface area contributed by atoms with Crippen molar-refractivity contribution in [1.29, 1.82) is 0 Å². The van der Waals surface area contributed by atoms with E-state index in [0.29, 0.717) is 4.90 Å². The molecule has 0 saturated carbocycles. The van der Waals surface area contributed by atoms with E-state index in [4.69, 9.17) is 11.6 Å². The number of hydrogen-bond acceptors (Lipinski definition) is 2. The molecule has 1 heterocycles. The molecule has 0 aliphatic rings. The molecule has 0 aliphatic carbocycles. The van der Waals surface area contributed by atoms with Crippen LogP contribution in [-0.2, 0) is 0 Å². The zero-order valence-electron chi connectivity index (χ0n) is 4.31. The van der Waals surface area contributed by atoms with E-state index in [1.807, 2.05) is 0 Å². The number of pyridine rings is 1. The van der Waals surface area contributed by atoms with E-state index >= 15 is 0 Å². The molecular formula is C5H3ClFNS. The van der Waals surface area contributed by atoms with Gasteiger partial charge in [0.15, 0.2) is 0 Å². The lowest BCUT2D eigenvalue weighted by Gasteiger charge is -1.92. The van der Waals surface area contributed by atoms with Crippen LogP contribution in [0.5, 0.6) is 0 Å². The molecule has 48 valence electrons. The van der Waals surface area contributed by atoms with Gasteiger partial charge in [0.25, 0.3) is 0 Å². The van der Waals surface area contributed by atoms with E-state index in [-0.39, 0.29) is 5.02 Å². The van der Waals surface area contributed by atoms with Crippen molar-refractivity contribution in [3.63, 3.8) is 0 Å². The molecule has 0 aromatic carbocycles. The molecule has 1 aromatic heterocycles. The van der Waals surface area contributed by atoms with Crippen molar-refractivity contribution in [2.45, 2.75) is 4.90 Å². The summed E-state index contributed by atoms with van der Waals surface area (Å²) < 4.78 is 12.1. The van der Waals surface area contributed by atoms with Crippen molar-refractivity contribution in [3.05, 3.63) is 23.2 Å². The maximum Gasteiger partial charge on any atom is 0.214 e. The molecule has 1 aromatic rings. The Labute approximate surface area is 62.3 Å². The average molecular weight is 164 g/mol. The summed E-state index contributed by atoms with van der Waals surface area (Å²) in [4.78, 5) is 3.80. The summed E-state index contributed by atoms with van der Waals surface area (Å²) in [5.41, 5.74) is 0. The molecule has 0 bridgehead atoms. The van der Waals surface area contributed by atoms with Gasteiger partial charge in [0, 0.05) is 17.2 Å². The van der Waals surface area contributed by atoms with E-state index in [0.717, 1.165) is 6.07 Å². The van der Waals surface area contributed by atoms with Crippen molar-refractivity contribution in [2.75, 3.05) is 0 Å². The fourth-order valence-electron chi connectivity index (χ4n) is 0.400. The Morgan fingerprint density at radius 1 is 1.67 bits per heavy atom. The normalized spacial score (nSPS) is 9.67. The Morgan fingerprint density at radius 3 is 2.78 bits per heavy atom. The first-order valence-electron chi connectivity index (χ1n) is 2.20. The summed E-state index contributed by atoms with van der Waals surface area (Å²) in [6.45, 7) is 0. The minimum Gasteiger partial charge on any atom is -0.227 e. The molecule has 9 heavy (non-hydrogen) atoms. The smallest absolute Gasteiger partial charge is 0.214 e. The Hall–Kier alpha value is -0.280. The second-order valence-corrected chi connectivity index (χ2v) is 2.35. The van der Waals surface area contributed by atoms with Crippen molar-refractivity contribution in [1.82, 2.24) is 4.98 Å². The molecule has 0 saturated heterocycles. The quantitative estimate of drug-likeness (QED) is 0.457. The van der Waals surface area contributed by atoms with Crippen LogP contribution < -0.4 is 0 Å². The molecule has 0 aliphatic heterocycles. The molecule has 1 rings (SSSR count). The molecular weight excluding hydrogens is 161 g/mol. The third-order valence-corrected chi connectivity index (χ3v) is 1.60. The fourth-order valence-corrected chi connectivity index (χ4v) is 0.661. The van der Waals surface area contributed by atoms with Gasteiger partial charge in [0.2, 0.25) is 5.95 Å². The highest BCUT2D eigenvalue weighted by atomic mass is 35.5. The number of halogens is 2. The van der Waals surface area contributed by atoms with Crippen LogP contribution in [0.15, 0.2) is 17.2 Å². The highest BCUT2D eigenvalue weighted by Gasteiger charge is 1.96. The molecule has 0 radical (unpaired) electrons. The Bertz CT molecular complexity index is 228. The maximum atomic E-state index is 12.1. The van der Waals surface area contributed by atoms with E-state index in [1.54, 1.807) is 0 Å². The van der Waals surface area contributed by atoms with Crippen LogP contribution in [0.25, 0.3) is 0 Å². The molecule has 0 atom stereocenters. The van der Waals surface area contributed by atoms with Gasteiger partial charge in [-0.2, -0.15) is 4.39 Å². The molecule has 4 heteroatoms. The number of hydrogen-bond donors (Lipinski definition) is 1. The Morgan fingerprint density at radius 2 is 2.33 bits per heavy atom. The van der Waals surface area contributed by atoms with Crippen LogP contribution in [0.4, 0.5) is 4.39 Å². The molecule has 0 amide bonds. The lowest BCUT2D eigenvalue weighted by molar-refractivity contribution is 0.581. The highest BCUT2D eigenvalue weighted by molar-refractivity contribution is 7.80. The van der Waals surface area contributed by atoms with Crippen LogP contribution in [0, 0.1) is 5.95 Å². The van der Waals surface area contributed by atoms with Crippen molar-refractivity contribution < 1.29 is 4.39 Å². The summed E-state index contributed by atoms with van der Waals surface area (Å²) >= 11 is 9.34.